The molecule has 2 aromatic heterocycles. The lowest BCUT2D eigenvalue weighted by molar-refractivity contribution is 0.0688. The Morgan fingerprint density at radius 2 is 2.27 bits per heavy atom. The Morgan fingerprint density at radius 3 is 2.87 bits per heavy atom. The summed E-state index contributed by atoms with van der Waals surface area (Å²) in [4.78, 5) is 22.7. The van der Waals surface area contributed by atoms with Crippen molar-refractivity contribution in [2.24, 2.45) is 0 Å². The van der Waals surface area contributed by atoms with Gasteiger partial charge in [0.1, 0.15) is 5.82 Å². The van der Waals surface area contributed by atoms with Crippen molar-refractivity contribution in [3.63, 3.8) is 0 Å². The second kappa shape index (κ2) is 3.19. The zero-order chi connectivity index (χ0) is 11.0. The van der Waals surface area contributed by atoms with Gasteiger partial charge in [0.15, 0.2) is 5.69 Å². The molecule has 2 rings (SSSR count). The predicted molar refractivity (Wildman–Crippen MR) is 49.0 cm³/mol. The van der Waals surface area contributed by atoms with Crippen LogP contribution in [0.3, 0.4) is 0 Å². The van der Waals surface area contributed by atoms with Crippen LogP contribution in [-0.4, -0.2) is 37.5 Å². The van der Waals surface area contributed by atoms with Crippen LogP contribution in [0.1, 0.15) is 16.3 Å². The quantitative estimate of drug-likeness (QED) is 0.754. The van der Waals surface area contributed by atoms with Crippen molar-refractivity contribution in [2.75, 3.05) is 7.11 Å². The van der Waals surface area contributed by atoms with Crippen molar-refractivity contribution < 1.29 is 14.6 Å². The van der Waals surface area contributed by atoms with Crippen LogP contribution in [0.4, 0.5) is 0 Å². The maximum Gasteiger partial charge on any atom is 0.354 e. The summed E-state index contributed by atoms with van der Waals surface area (Å²) >= 11 is 0. The standard InChI is InChI=1S/C8H8N4O3/c1-4-10-7-9-3-5(6(13)14)12(7)8(11-4)15-2/h3H,1-2H3,(H,13,14). The fraction of sp³-hybridized carbons (Fsp3) is 0.250. The average Bonchev–Trinajstić information content (AvgIpc) is 2.59. The summed E-state index contributed by atoms with van der Waals surface area (Å²) in [5.74, 6) is -0.369. The van der Waals surface area contributed by atoms with Crippen molar-refractivity contribution in [3.05, 3.63) is 17.7 Å². The summed E-state index contributed by atoms with van der Waals surface area (Å²) in [5, 5.41) is 8.89. The van der Waals surface area contributed by atoms with Crippen LogP contribution in [0.15, 0.2) is 6.20 Å². The molecule has 2 heterocycles. The molecule has 15 heavy (non-hydrogen) atoms. The third-order valence-electron chi connectivity index (χ3n) is 1.86. The molecule has 0 aliphatic heterocycles. The number of methoxy groups -OCH3 is 1. The minimum absolute atomic E-state index is 0.0261. The number of aromatic carboxylic acids is 1. The Hall–Kier alpha value is -2.18. The topological polar surface area (TPSA) is 89.6 Å². The Labute approximate surface area is 84.4 Å². The van der Waals surface area contributed by atoms with E-state index in [2.05, 4.69) is 15.0 Å². The normalized spacial score (nSPS) is 10.5. The van der Waals surface area contributed by atoms with E-state index >= 15 is 0 Å². The molecule has 0 aliphatic rings. The Balaban J connectivity index is 2.83. The molecule has 0 unspecified atom stereocenters. The molecule has 2 aromatic rings. The molecule has 7 heteroatoms. The number of aryl methyl sites for hydroxylation is 1. The van der Waals surface area contributed by atoms with Gasteiger partial charge in [-0.3, -0.25) is 0 Å². The van der Waals surface area contributed by atoms with Gasteiger partial charge in [-0.1, -0.05) is 0 Å². The summed E-state index contributed by atoms with van der Waals surface area (Å²) in [6.45, 7) is 1.68. The van der Waals surface area contributed by atoms with E-state index in [9.17, 15) is 4.79 Å². The van der Waals surface area contributed by atoms with Gasteiger partial charge in [-0.15, -0.1) is 0 Å². The maximum atomic E-state index is 10.9. The van der Waals surface area contributed by atoms with Gasteiger partial charge in [-0.25, -0.2) is 14.2 Å². The van der Waals surface area contributed by atoms with Crippen molar-refractivity contribution in [1.82, 2.24) is 19.4 Å². The summed E-state index contributed by atoms with van der Waals surface area (Å²) in [7, 11) is 1.41. The van der Waals surface area contributed by atoms with Crippen LogP contribution in [0.2, 0.25) is 0 Å². The molecule has 0 aromatic carbocycles. The average molecular weight is 208 g/mol. The number of fused-ring (bicyclic) bond motifs is 1. The number of carboxylic acids is 1. The molecule has 0 radical (unpaired) electrons. The highest BCUT2D eigenvalue weighted by Crippen LogP contribution is 2.13. The fourth-order valence-electron chi connectivity index (χ4n) is 1.26. The highest BCUT2D eigenvalue weighted by Gasteiger charge is 2.16. The molecule has 0 bridgehead atoms. The first kappa shape index (κ1) is 9.38. The van der Waals surface area contributed by atoms with Crippen LogP contribution in [0.25, 0.3) is 5.78 Å². The highest BCUT2D eigenvalue weighted by atomic mass is 16.5. The minimum Gasteiger partial charge on any atom is -0.477 e. The Morgan fingerprint density at radius 1 is 1.53 bits per heavy atom. The maximum absolute atomic E-state index is 10.9. The molecule has 1 N–H and O–H groups in total. The first-order chi connectivity index (χ1) is 7.13. The van der Waals surface area contributed by atoms with Crippen molar-refractivity contribution in [2.45, 2.75) is 6.92 Å². The smallest absolute Gasteiger partial charge is 0.354 e. The van der Waals surface area contributed by atoms with Crippen molar-refractivity contribution in [3.8, 4) is 6.01 Å². The fourth-order valence-corrected chi connectivity index (χ4v) is 1.26. The van der Waals surface area contributed by atoms with Gasteiger partial charge in [0.05, 0.1) is 13.3 Å². The number of ether oxygens (including phenoxy) is 1. The largest absolute Gasteiger partial charge is 0.477 e. The van der Waals surface area contributed by atoms with E-state index in [4.69, 9.17) is 9.84 Å². The third kappa shape index (κ3) is 1.37. The van der Waals surface area contributed by atoms with Crippen molar-refractivity contribution >= 4 is 11.7 Å². The number of nitrogens with zero attached hydrogens (tertiary/aromatic N) is 4. The lowest BCUT2D eigenvalue weighted by atomic mass is 10.5. The van der Waals surface area contributed by atoms with Crippen LogP contribution in [0, 0.1) is 6.92 Å². The monoisotopic (exact) mass is 208 g/mol. The second-order valence-electron chi connectivity index (χ2n) is 2.84. The zero-order valence-corrected chi connectivity index (χ0v) is 8.13. The first-order valence-electron chi connectivity index (χ1n) is 4.13. The van der Waals surface area contributed by atoms with Gasteiger partial charge in [0.2, 0.25) is 5.78 Å². The number of rotatable bonds is 2. The number of carbonyl (C=O) groups is 1. The summed E-state index contributed by atoms with van der Waals surface area (Å²) in [6, 6.07) is 0.160. The van der Waals surface area contributed by atoms with Crippen LogP contribution < -0.4 is 4.74 Å². The van der Waals surface area contributed by atoms with Crippen molar-refractivity contribution in [1.29, 1.82) is 0 Å². The molecule has 0 spiro atoms. The molecular formula is C8H8N4O3. The molecule has 0 fully saturated rings. The van der Waals surface area contributed by atoms with Gasteiger partial charge in [-0.05, 0) is 6.92 Å². The van der Waals surface area contributed by atoms with E-state index in [1.165, 1.54) is 17.7 Å². The summed E-state index contributed by atoms with van der Waals surface area (Å²) in [6.07, 6.45) is 1.22. The molecule has 7 nitrogen and oxygen atoms in total. The third-order valence-corrected chi connectivity index (χ3v) is 1.86. The van der Waals surface area contributed by atoms with Gasteiger partial charge >= 0.3 is 12.0 Å². The molecule has 0 saturated heterocycles. The molecule has 0 amide bonds. The molecular weight excluding hydrogens is 200 g/mol. The van der Waals surface area contributed by atoms with Crippen LogP contribution in [-0.2, 0) is 0 Å². The van der Waals surface area contributed by atoms with E-state index in [0.717, 1.165) is 0 Å². The molecule has 0 atom stereocenters. The molecule has 0 aliphatic carbocycles. The number of hydrogen-bond acceptors (Lipinski definition) is 5. The minimum atomic E-state index is -1.10. The first-order valence-corrected chi connectivity index (χ1v) is 4.13. The summed E-state index contributed by atoms with van der Waals surface area (Å²) in [5.41, 5.74) is -0.0261. The van der Waals surface area contributed by atoms with E-state index in [1.54, 1.807) is 6.92 Å². The van der Waals surface area contributed by atoms with E-state index < -0.39 is 5.97 Å². The lowest BCUT2D eigenvalue weighted by Crippen LogP contribution is -2.08. The number of carboxylic acid groups (broad SMARTS) is 1. The second-order valence-corrected chi connectivity index (χ2v) is 2.84. The van der Waals surface area contributed by atoms with E-state index in [-0.39, 0.29) is 17.5 Å². The van der Waals surface area contributed by atoms with Crippen LogP contribution in [0.5, 0.6) is 6.01 Å². The molecule has 78 valence electrons. The highest BCUT2D eigenvalue weighted by molar-refractivity contribution is 5.86. The SMILES string of the molecule is COc1nc(C)nc2ncc(C(=O)O)n12. The number of imidazole rings is 1. The predicted octanol–water partition coefficient (Wildman–Crippen LogP) is 0.140. The van der Waals surface area contributed by atoms with Crippen LogP contribution >= 0.6 is 0 Å². The number of hydrogen-bond donors (Lipinski definition) is 1. The van der Waals surface area contributed by atoms with E-state index in [1.807, 2.05) is 0 Å². The summed E-state index contributed by atoms with van der Waals surface area (Å²) < 4.78 is 6.21. The van der Waals surface area contributed by atoms with Gasteiger partial charge in [0, 0.05) is 0 Å². The van der Waals surface area contributed by atoms with Gasteiger partial charge < -0.3 is 9.84 Å². The Kier molecular flexibility index (Phi) is 2.00. The van der Waals surface area contributed by atoms with E-state index in [0.29, 0.717) is 5.82 Å². The van der Waals surface area contributed by atoms with Gasteiger partial charge in [-0.2, -0.15) is 9.97 Å². The lowest BCUT2D eigenvalue weighted by Gasteiger charge is -2.04. The molecule has 0 saturated carbocycles. The number of aromatic nitrogens is 4. The zero-order valence-electron chi connectivity index (χ0n) is 8.13. The van der Waals surface area contributed by atoms with Gasteiger partial charge in [0.25, 0.3) is 0 Å². The Bertz CT molecular complexity index is 534.